The van der Waals surface area contributed by atoms with Gasteiger partial charge in [0.15, 0.2) is 0 Å². The van der Waals surface area contributed by atoms with E-state index >= 15 is 0 Å². The summed E-state index contributed by atoms with van der Waals surface area (Å²) in [7, 11) is 0. The Morgan fingerprint density at radius 3 is 1.16 bits per heavy atom. The van der Waals surface area contributed by atoms with E-state index in [1.165, 1.54) is 44.6 Å². The Morgan fingerprint density at radius 2 is 0.757 bits per heavy atom. The first-order valence-electron chi connectivity index (χ1n) is 13.3. The van der Waals surface area contributed by atoms with Crippen LogP contribution in [0.4, 0.5) is 17.1 Å². The van der Waals surface area contributed by atoms with E-state index in [1.807, 2.05) is 0 Å². The van der Waals surface area contributed by atoms with E-state index in [0.29, 0.717) is 5.92 Å². The van der Waals surface area contributed by atoms with E-state index in [0.717, 1.165) is 17.8 Å². The Bertz CT molecular complexity index is 1430. The van der Waals surface area contributed by atoms with E-state index in [2.05, 4.69) is 154 Å². The highest BCUT2D eigenvalue weighted by Gasteiger charge is 2.13. The van der Waals surface area contributed by atoms with Crippen LogP contribution in [0.15, 0.2) is 121 Å². The fourth-order valence-electron chi connectivity index (χ4n) is 4.73. The summed E-state index contributed by atoms with van der Waals surface area (Å²) in [6.07, 6.45) is 1.15. The van der Waals surface area contributed by atoms with Gasteiger partial charge < -0.3 is 4.90 Å². The topological polar surface area (TPSA) is 3.24 Å². The number of benzene rings is 5. The molecule has 0 heterocycles. The van der Waals surface area contributed by atoms with Crippen LogP contribution in [0.1, 0.15) is 42.9 Å². The van der Waals surface area contributed by atoms with Crippen molar-refractivity contribution in [2.45, 2.75) is 40.0 Å². The van der Waals surface area contributed by atoms with Crippen molar-refractivity contribution < 1.29 is 0 Å². The second-order valence-corrected chi connectivity index (χ2v) is 10.1. The predicted octanol–water partition coefficient (Wildman–Crippen LogP) is 10.6. The maximum absolute atomic E-state index is 2.34. The molecule has 184 valence electrons. The van der Waals surface area contributed by atoms with Crippen LogP contribution < -0.4 is 4.90 Å². The van der Waals surface area contributed by atoms with Crippen molar-refractivity contribution in [1.29, 1.82) is 0 Å². The van der Waals surface area contributed by atoms with E-state index in [4.69, 9.17) is 0 Å². The molecule has 5 aromatic rings. The van der Waals surface area contributed by atoms with Crippen LogP contribution in [-0.2, 0) is 0 Å². The van der Waals surface area contributed by atoms with Crippen molar-refractivity contribution >= 4 is 17.1 Å². The Labute approximate surface area is 222 Å². The van der Waals surface area contributed by atoms with Gasteiger partial charge in [0.2, 0.25) is 0 Å². The van der Waals surface area contributed by atoms with Crippen molar-refractivity contribution in [3.05, 3.63) is 138 Å². The molecule has 1 heteroatoms. The Hall–Kier alpha value is -4.10. The minimum atomic E-state index is 0.568. The first-order valence-corrected chi connectivity index (χ1v) is 13.3. The van der Waals surface area contributed by atoms with Gasteiger partial charge in [0.1, 0.15) is 0 Å². The zero-order valence-corrected chi connectivity index (χ0v) is 22.3. The summed E-state index contributed by atoms with van der Waals surface area (Å²) in [5.74, 6) is 0.568. The average molecular weight is 482 g/mol. The summed E-state index contributed by atoms with van der Waals surface area (Å²) in [6.45, 7) is 8.79. The van der Waals surface area contributed by atoms with Gasteiger partial charge in [-0.15, -0.1) is 0 Å². The molecule has 0 radical (unpaired) electrons. The SMILES string of the molecule is CCC(C)c1ccc(N(c2ccc(C)cc2)c2ccc(-c3ccc(-c4ccc(C)cc4)cc3)cc2)cc1. The summed E-state index contributed by atoms with van der Waals surface area (Å²) >= 11 is 0. The molecule has 1 nitrogen and oxygen atoms in total. The molecule has 0 bridgehead atoms. The highest BCUT2D eigenvalue weighted by Crippen LogP contribution is 2.36. The molecule has 37 heavy (non-hydrogen) atoms. The first kappa shape index (κ1) is 24.6. The monoisotopic (exact) mass is 481 g/mol. The van der Waals surface area contributed by atoms with Crippen molar-refractivity contribution in [3.8, 4) is 22.3 Å². The molecule has 0 aliphatic heterocycles. The normalized spacial score (nSPS) is 11.8. The summed E-state index contributed by atoms with van der Waals surface area (Å²) in [5, 5.41) is 0. The summed E-state index contributed by atoms with van der Waals surface area (Å²) < 4.78 is 0. The maximum atomic E-state index is 2.34. The van der Waals surface area contributed by atoms with Gasteiger partial charge in [0.25, 0.3) is 0 Å². The van der Waals surface area contributed by atoms with Crippen LogP contribution in [0.2, 0.25) is 0 Å². The third-order valence-corrected chi connectivity index (χ3v) is 7.35. The Kier molecular flexibility index (Phi) is 7.23. The lowest BCUT2D eigenvalue weighted by Gasteiger charge is -2.26. The van der Waals surface area contributed by atoms with Crippen LogP contribution >= 0.6 is 0 Å². The van der Waals surface area contributed by atoms with Gasteiger partial charge in [-0.3, -0.25) is 0 Å². The smallest absolute Gasteiger partial charge is 0.0462 e. The molecule has 0 saturated heterocycles. The third kappa shape index (κ3) is 5.52. The first-order chi connectivity index (χ1) is 18.0. The van der Waals surface area contributed by atoms with Crippen molar-refractivity contribution in [3.63, 3.8) is 0 Å². The van der Waals surface area contributed by atoms with Gasteiger partial charge >= 0.3 is 0 Å². The number of hydrogen-bond donors (Lipinski definition) is 0. The predicted molar refractivity (Wildman–Crippen MR) is 160 cm³/mol. The molecule has 5 aromatic carbocycles. The lowest BCUT2D eigenvalue weighted by molar-refractivity contribution is 0.733. The van der Waals surface area contributed by atoms with Crippen LogP contribution in [0.5, 0.6) is 0 Å². The second kappa shape index (κ2) is 10.9. The molecule has 0 spiro atoms. The van der Waals surface area contributed by atoms with Gasteiger partial charge in [-0.05, 0) is 90.4 Å². The molecular formula is C36H35N. The largest absolute Gasteiger partial charge is 0.311 e. The van der Waals surface area contributed by atoms with Crippen LogP contribution in [0.3, 0.4) is 0 Å². The van der Waals surface area contributed by atoms with Crippen molar-refractivity contribution in [2.24, 2.45) is 0 Å². The third-order valence-electron chi connectivity index (χ3n) is 7.35. The van der Waals surface area contributed by atoms with Crippen molar-refractivity contribution in [2.75, 3.05) is 4.90 Å². The minimum Gasteiger partial charge on any atom is -0.311 e. The fraction of sp³-hybridized carbons (Fsp3) is 0.167. The second-order valence-electron chi connectivity index (χ2n) is 10.1. The molecule has 0 amide bonds. The van der Waals surface area contributed by atoms with Gasteiger partial charge in [0.05, 0.1) is 0 Å². The lowest BCUT2D eigenvalue weighted by atomic mass is 9.98. The molecule has 0 fully saturated rings. The molecule has 1 unspecified atom stereocenters. The molecule has 0 N–H and O–H groups in total. The Balaban J connectivity index is 1.45. The van der Waals surface area contributed by atoms with E-state index in [9.17, 15) is 0 Å². The molecule has 5 rings (SSSR count). The summed E-state index contributed by atoms with van der Waals surface area (Å²) in [6, 6.07) is 44.3. The number of rotatable bonds is 7. The summed E-state index contributed by atoms with van der Waals surface area (Å²) in [4.78, 5) is 2.34. The molecule has 0 aromatic heterocycles. The van der Waals surface area contributed by atoms with Gasteiger partial charge in [0, 0.05) is 17.1 Å². The van der Waals surface area contributed by atoms with Crippen LogP contribution in [0, 0.1) is 13.8 Å². The Morgan fingerprint density at radius 1 is 0.459 bits per heavy atom. The number of aryl methyl sites for hydroxylation is 2. The molecule has 0 saturated carbocycles. The van der Waals surface area contributed by atoms with E-state index in [-0.39, 0.29) is 0 Å². The highest BCUT2D eigenvalue weighted by molar-refractivity contribution is 5.79. The zero-order chi connectivity index (χ0) is 25.8. The fourth-order valence-corrected chi connectivity index (χ4v) is 4.73. The van der Waals surface area contributed by atoms with E-state index < -0.39 is 0 Å². The van der Waals surface area contributed by atoms with E-state index in [1.54, 1.807) is 0 Å². The highest BCUT2D eigenvalue weighted by atomic mass is 15.1. The molecule has 1 atom stereocenters. The number of nitrogens with zero attached hydrogens (tertiary/aromatic N) is 1. The van der Waals surface area contributed by atoms with Crippen molar-refractivity contribution in [1.82, 2.24) is 0 Å². The quantitative estimate of drug-likeness (QED) is 0.223. The number of hydrogen-bond acceptors (Lipinski definition) is 1. The van der Waals surface area contributed by atoms with Gasteiger partial charge in [-0.25, -0.2) is 0 Å². The summed E-state index contributed by atoms with van der Waals surface area (Å²) in [5.41, 5.74) is 12.4. The average Bonchev–Trinajstić information content (AvgIpc) is 2.95. The lowest BCUT2D eigenvalue weighted by Crippen LogP contribution is -2.10. The zero-order valence-electron chi connectivity index (χ0n) is 22.3. The number of anilines is 3. The molecular weight excluding hydrogens is 446 g/mol. The molecule has 0 aliphatic carbocycles. The minimum absolute atomic E-state index is 0.568. The standard InChI is InChI=1S/C36H35N/c1-5-28(4)29-16-22-35(23-17-29)37(34-20-8-27(3)9-21-34)36-24-18-33(19-25-36)32-14-12-31(13-15-32)30-10-6-26(2)7-11-30/h6-25,28H,5H2,1-4H3. The van der Waals surface area contributed by atoms with Crippen LogP contribution in [0.25, 0.3) is 22.3 Å². The van der Waals surface area contributed by atoms with Gasteiger partial charge in [-0.2, -0.15) is 0 Å². The van der Waals surface area contributed by atoms with Gasteiger partial charge in [-0.1, -0.05) is 110 Å². The molecule has 0 aliphatic rings. The maximum Gasteiger partial charge on any atom is 0.0462 e. The van der Waals surface area contributed by atoms with Crippen LogP contribution in [-0.4, -0.2) is 0 Å².